The SMILES string of the molecule is CCc1c(C)nc2n(c1=O)C[C@H](C(=O)Nc1ccc3cn[nH]c3c1)CS2. The first kappa shape index (κ1) is 16.8. The Morgan fingerprint density at radius 3 is 3.12 bits per heavy atom. The molecule has 0 saturated heterocycles. The maximum Gasteiger partial charge on any atom is 0.257 e. The number of aromatic nitrogens is 4. The lowest BCUT2D eigenvalue weighted by atomic mass is 10.1. The fourth-order valence-electron chi connectivity index (χ4n) is 3.22. The van der Waals surface area contributed by atoms with Crippen molar-refractivity contribution >= 4 is 34.3 Å². The number of H-pyrrole nitrogens is 1. The number of aromatic amines is 1. The molecule has 0 bridgehead atoms. The van der Waals surface area contributed by atoms with Crippen LogP contribution in [0, 0.1) is 12.8 Å². The van der Waals surface area contributed by atoms with Gasteiger partial charge in [-0.3, -0.25) is 19.3 Å². The Balaban J connectivity index is 1.56. The van der Waals surface area contributed by atoms with Gasteiger partial charge < -0.3 is 5.32 Å². The minimum Gasteiger partial charge on any atom is -0.326 e. The maximum absolute atomic E-state index is 12.7. The lowest BCUT2D eigenvalue weighted by Gasteiger charge is -2.25. The van der Waals surface area contributed by atoms with Crippen LogP contribution in [0.5, 0.6) is 0 Å². The van der Waals surface area contributed by atoms with Gasteiger partial charge in [0.15, 0.2) is 5.16 Å². The number of rotatable bonds is 3. The van der Waals surface area contributed by atoms with Crippen LogP contribution in [-0.2, 0) is 17.8 Å². The smallest absolute Gasteiger partial charge is 0.257 e. The van der Waals surface area contributed by atoms with Crippen LogP contribution >= 0.6 is 11.8 Å². The highest BCUT2D eigenvalue weighted by Crippen LogP contribution is 2.27. The van der Waals surface area contributed by atoms with Crippen LogP contribution in [0.3, 0.4) is 0 Å². The molecule has 0 saturated carbocycles. The molecule has 0 unspecified atom stereocenters. The molecule has 0 fully saturated rings. The minimum absolute atomic E-state index is 0.0288. The van der Waals surface area contributed by atoms with E-state index in [1.54, 1.807) is 10.8 Å². The van der Waals surface area contributed by atoms with Gasteiger partial charge in [0.05, 0.1) is 17.6 Å². The number of thioether (sulfide) groups is 1. The minimum atomic E-state index is -0.281. The molecule has 2 N–H and O–H groups in total. The number of nitrogens with zero attached hydrogens (tertiary/aromatic N) is 3. The van der Waals surface area contributed by atoms with E-state index in [0.29, 0.717) is 29.6 Å². The Hall–Kier alpha value is -2.61. The predicted octanol–water partition coefficient (Wildman–Crippen LogP) is 2.35. The molecule has 0 aliphatic carbocycles. The van der Waals surface area contributed by atoms with Crippen molar-refractivity contribution in [1.29, 1.82) is 0 Å². The second-order valence-electron chi connectivity index (χ2n) is 6.40. The van der Waals surface area contributed by atoms with Crippen LogP contribution in [0.4, 0.5) is 5.69 Å². The molecule has 3 heterocycles. The fraction of sp³-hybridized carbons (Fsp3) is 0.333. The first-order valence-corrected chi connectivity index (χ1v) is 9.52. The van der Waals surface area contributed by atoms with Crippen molar-refractivity contribution in [3.63, 3.8) is 0 Å². The van der Waals surface area contributed by atoms with Crippen molar-refractivity contribution in [2.75, 3.05) is 11.1 Å². The van der Waals surface area contributed by atoms with Gasteiger partial charge in [0.1, 0.15) is 0 Å². The topological polar surface area (TPSA) is 92.7 Å². The third kappa shape index (κ3) is 2.90. The Kier molecular flexibility index (Phi) is 4.28. The summed E-state index contributed by atoms with van der Waals surface area (Å²) < 4.78 is 1.64. The van der Waals surface area contributed by atoms with E-state index in [1.165, 1.54) is 11.8 Å². The first-order chi connectivity index (χ1) is 12.6. The van der Waals surface area contributed by atoms with Gasteiger partial charge in [-0.05, 0) is 31.5 Å². The quantitative estimate of drug-likeness (QED) is 0.692. The van der Waals surface area contributed by atoms with Crippen LogP contribution in [0.2, 0.25) is 0 Å². The zero-order valence-electron chi connectivity index (χ0n) is 14.6. The lowest BCUT2D eigenvalue weighted by Crippen LogP contribution is -2.38. The van der Waals surface area contributed by atoms with Crippen molar-refractivity contribution in [2.24, 2.45) is 5.92 Å². The Labute approximate surface area is 154 Å². The highest BCUT2D eigenvalue weighted by molar-refractivity contribution is 7.99. The molecule has 1 amide bonds. The third-order valence-electron chi connectivity index (χ3n) is 4.68. The number of carbonyl (C=O) groups excluding carboxylic acids is 1. The van der Waals surface area contributed by atoms with Gasteiger partial charge in [-0.15, -0.1) is 0 Å². The van der Waals surface area contributed by atoms with E-state index in [2.05, 4.69) is 20.5 Å². The van der Waals surface area contributed by atoms with Crippen molar-refractivity contribution in [3.05, 3.63) is 46.0 Å². The van der Waals surface area contributed by atoms with E-state index >= 15 is 0 Å². The molecule has 2 aromatic heterocycles. The number of nitrogens with one attached hydrogen (secondary N) is 2. The molecule has 1 aliphatic rings. The molecule has 0 spiro atoms. The van der Waals surface area contributed by atoms with Gasteiger partial charge in [-0.2, -0.15) is 5.10 Å². The Morgan fingerprint density at radius 1 is 1.46 bits per heavy atom. The van der Waals surface area contributed by atoms with Crippen molar-refractivity contribution in [2.45, 2.75) is 32.0 Å². The molecule has 3 aromatic rings. The molecule has 1 aliphatic heterocycles. The summed E-state index contributed by atoms with van der Waals surface area (Å²) in [5.41, 5.74) is 3.06. The summed E-state index contributed by atoms with van der Waals surface area (Å²) in [5, 5.41) is 11.5. The molecule has 134 valence electrons. The van der Waals surface area contributed by atoms with Gasteiger partial charge in [-0.1, -0.05) is 18.7 Å². The number of carbonyl (C=O) groups is 1. The summed E-state index contributed by atoms with van der Waals surface area (Å²) in [7, 11) is 0. The highest BCUT2D eigenvalue weighted by Gasteiger charge is 2.28. The predicted molar refractivity (Wildman–Crippen MR) is 102 cm³/mol. The summed E-state index contributed by atoms with van der Waals surface area (Å²) in [4.78, 5) is 29.9. The number of anilines is 1. The van der Waals surface area contributed by atoms with Gasteiger partial charge in [0.25, 0.3) is 5.56 Å². The van der Waals surface area contributed by atoms with Crippen molar-refractivity contribution in [1.82, 2.24) is 19.7 Å². The standard InChI is InChI=1S/C18H19N5O2S/c1-3-14-10(2)20-18-23(17(14)25)8-12(9-26-18)16(24)21-13-5-4-11-7-19-22-15(11)6-13/h4-7,12H,3,8-9H2,1-2H3,(H,19,22)(H,21,24)/t12-/m0/s1. The lowest BCUT2D eigenvalue weighted by molar-refractivity contribution is -0.119. The zero-order chi connectivity index (χ0) is 18.3. The van der Waals surface area contributed by atoms with Gasteiger partial charge in [0, 0.05) is 34.6 Å². The molecule has 1 atom stereocenters. The molecule has 26 heavy (non-hydrogen) atoms. The van der Waals surface area contributed by atoms with Crippen LogP contribution in [0.1, 0.15) is 18.2 Å². The van der Waals surface area contributed by atoms with E-state index in [0.717, 1.165) is 22.2 Å². The summed E-state index contributed by atoms with van der Waals surface area (Å²) >= 11 is 1.46. The molecule has 7 nitrogen and oxygen atoms in total. The normalized spacial score (nSPS) is 16.5. The molecule has 8 heteroatoms. The number of aryl methyl sites for hydroxylation is 1. The molecular formula is C18H19N5O2S. The van der Waals surface area contributed by atoms with Crippen molar-refractivity contribution < 1.29 is 4.79 Å². The number of hydrogen-bond acceptors (Lipinski definition) is 5. The average molecular weight is 369 g/mol. The van der Waals surface area contributed by atoms with Gasteiger partial charge in [-0.25, -0.2) is 4.98 Å². The van der Waals surface area contributed by atoms with E-state index in [1.807, 2.05) is 32.0 Å². The molecule has 1 aromatic carbocycles. The summed E-state index contributed by atoms with van der Waals surface area (Å²) in [6.07, 6.45) is 2.38. The maximum atomic E-state index is 12.7. The summed E-state index contributed by atoms with van der Waals surface area (Å²) in [6, 6.07) is 5.62. The van der Waals surface area contributed by atoms with E-state index in [9.17, 15) is 9.59 Å². The molecule has 4 rings (SSSR count). The van der Waals surface area contributed by atoms with Crippen LogP contribution in [-0.4, -0.2) is 31.4 Å². The fourth-order valence-corrected chi connectivity index (χ4v) is 4.34. The number of fused-ring (bicyclic) bond motifs is 2. The summed E-state index contributed by atoms with van der Waals surface area (Å²) in [5.74, 6) is 0.236. The third-order valence-corrected chi connectivity index (χ3v) is 5.82. The van der Waals surface area contributed by atoms with Gasteiger partial charge >= 0.3 is 0 Å². The molecule has 0 radical (unpaired) electrons. The number of amides is 1. The van der Waals surface area contributed by atoms with E-state index in [-0.39, 0.29) is 17.4 Å². The summed E-state index contributed by atoms with van der Waals surface area (Å²) in [6.45, 7) is 4.18. The van der Waals surface area contributed by atoms with E-state index in [4.69, 9.17) is 0 Å². The van der Waals surface area contributed by atoms with Crippen molar-refractivity contribution in [3.8, 4) is 0 Å². The van der Waals surface area contributed by atoms with Crippen LogP contribution < -0.4 is 10.9 Å². The average Bonchev–Trinajstić information content (AvgIpc) is 3.09. The zero-order valence-corrected chi connectivity index (χ0v) is 15.4. The number of benzene rings is 1. The Morgan fingerprint density at radius 2 is 2.31 bits per heavy atom. The van der Waals surface area contributed by atoms with Crippen LogP contribution in [0.25, 0.3) is 10.9 Å². The monoisotopic (exact) mass is 369 g/mol. The molecular weight excluding hydrogens is 350 g/mol. The first-order valence-electron chi connectivity index (χ1n) is 8.54. The number of hydrogen-bond donors (Lipinski definition) is 2. The van der Waals surface area contributed by atoms with E-state index < -0.39 is 0 Å². The van der Waals surface area contributed by atoms with Gasteiger partial charge in [0.2, 0.25) is 5.91 Å². The second-order valence-corrected chi connectivity index (χ2v) is 7.38. The second kappa shape index (κ2) is 6.60. The van der Waals surface area contributed by atoms with Crippen LogP contribution in [0.15, 0.2) is 34.3 Å². The Bertz CT molecular complexity index is 1060. The highest BCUT2D eigenvalue weighted by atomic mass is 32.2. The largest absolute Gasteiger partial charge is 0.326 e.